The average molecular weight is 589 g/mol. The number of rotatable bonds is 12. The van der Waals surface area contributed by atoms with Crippen LogP contribution in [0.4, 0.5) is 0 Å². The molecule has 0 radical (unpaired) electrons. The smallest absolute Gasteiger partial charge is 0.303 e. The molecule has 0 saturated carbocycles. The molecule has 1 amide bonds. The van der Waals surface area contributed by atoms with Gasteiger partial charge < -0.3 is 29.7 Å². The van der Waals surface area contributed by atoms with Crippen molar-refractivity contribution in [3.05, 3.63) is 95.1 Å². The summed E-state index contributed by atoms with van der Waals surface area (Å²) >= 11 is 0. The molecule has 43 heavy (non-hydrogen) atoms. The third kappa shape index (κ3) is 8.95. The number of amides is 1. The van der Waals surface area contributed by atoms with Crippen LogP contribution < -0.4 is 5.32 Å². The highest BCUT2D eigenvalue weighted by Crippen LogP contribution is 2.38. The molecule has 0 spiro atoms. The molecule has 2 heterocycles. The minimum Gasteiger partial charge on any atom is -0.481 e. The molecule has 2 saturated heterocycles. The van der Waals surface area contributed by atoms with Crippen LogP contribution in [0.3, 0.4) is 0 Å². The summed E-state index contributed by atoms with van der Waals surface area (Å²) in [5.41, 5.74) is 5.91. The summed E-state index contributed by atoms with van der Waals surface area (Å²) in [6.45, 7) is 4.46. The van der Waals surface area contributed by atoms with Crippen LogP contribution >= 0.6 is 0 Å². The fraction of sp³-hybridized carbons (Fsp3) is 0.412. The van der Waals surface area contributed by atoms with Crippen LogP contribution in [0.15, 0.2) is 72.8 Å². The number of carbonyl (C=O) groups excluding carboxylic acids is 1. The number of morpholine rings is 1. The number of nitrogens with one attached hydrogen (secondary N) is 1. The first kappa shape index (κ1) is 30.8. The second kappa shape index (κ2) is 15.2. The number of ether oxygens (including phenoxy) is 3. The molecular formula is C34H40N2O7. The highest BCUT2D eigenvalue weighted by molar-refractivity contribution is 5.76. The van der Waals surface area contributed by atoms with Crippen LogP contribution in [0.25, 0.3) is 11.1 Å². The van der Waals surface area contributed by atoms with Gasteiger partial charge in [-0.15, -0.1) is 0 Å². The van der Waals surface area contributed by atoms with Crippen LogP contribution in [0.1, 0.15) is 60.3 Å². The summed E-state index contributed by atoms with van der Waals surface area (Å²) in [7, 11) is 0. The zero-order chi connectivity index (χ0) is 30.0. The third-order valence-corrected chi connectivity index (χ3v) is 7.91. The highest BCUT2D eigenvalue weighted by Gasteiger charge is 2.33. The first-order chi connectivity index (χ1) is 21.0. The molecule has 0 aromatic heterocycles. The first-order valence-corrected chi connectivity index (χ1v) is 15.0. The fourth-order valence-corrected chi connectivity index (χ4v) is 5.49. The summed E-state index contributed by atoms with van der Waals surface area (Å²) < 4.78 is 18.6. The van der Waals surface area contributed by atoms with E-state index in [0.29, 0.717) is 13.0 Å². The number of benzene rings is 3. The van der Waals surface area contributed by atoms with Crippen molar-refractivity contribution in [1.29, 1.82) is 0 Å². The molecule has 0 bridgehead atoms. The number of hydrogen-bond acceptors (Lipinski definition) is 7. The summed E-state index contributed by atoms with van der Waals surface area (Å²) in [6.07, 6.45) is 0.603. The molecule has 5 rings (SSSR count). The van der Waals surface area contributed by atoms with E-state index in [1.54, 1.807) is 0 Å². The Morgan fingerprint density at radius 2 is 1.60 bits per heavy atom. The molecule has 3 aromatic carbocycles. The molecule has 3 N–H and O–H groups in total. The summed E-state index contributed by atoms with van der Waals surface area (Å²) in [5.74, 6) is -1.05. The lowest BCUT2D eigenvalue weighted by Crippen LogP contribution is -2.44. The van der Waals surface area contributed by atoms with E-state index < -0.39 is 12.3 Å². The number of nitrogens with zero attached hydrogens (tertiary/aromatic N) is 1. The minimum absolute atomic E-state index is 0.00457. The monoisotopic (exact) mass is 588 g/mol. The van der Waals surface area contributed by atoms with Gasteiger partial charge in [-0.1, -0.05) is 66.7 Å². The predicted molar refractivity (Wildman–Crippen MR) is 161 cm³/mol. The average Bonchev–Trinajstić information content (AvgIpc) is 3.04. The van der Waals surface area contributed by atoms with E-state index in [4.69, 9.17) is 19.3 Å². The van der Waals surface area contributed by atoms with Gasteiger partial charge in [0.05, 0.1) is 32.0 Å². The summed E-state index contributed by atoms with van der Waals surface area (Å²) in [4.78, 5) is 25.1. The number of aliphatic hydroxyl groups excluding tert-OH is 1. The molecular weight excluding hydrogens is 548 g/mol. The van der Waals surface area contributed by atoms with Gasteiger partial charge in [0, 0.05) is 51.0 Å². The molecule has 2 aliphatic heterocycles. The molecule has 2 aliphatic rings. The van der Waals surface area contributed by atoms with Gasteiger partial charge in [-0.3, -0.25) is 14.5 Å². The number of hydrogen-bond donors (Lipinski definition) is 3. The Morgan fingerprint density at radius 1 is 0.860 bits per heavy atom. The molecule has 9 heteroatoms. The lowest BCUT2D eigenvalue weighted by atomic mass is 9.99. The van der Waals surface area contributed by atoms with Crippen molar-refractivity contribution in [3.63, 3.8) is 0 Å². The topological polar surface area (TPSA) is 118 Å². The van der Waals surface area contributed by atoms with Gasteiger partial charge in [0.15, 0.2) is 6.29 Å². The van der Waals surface area contributed by atoms with Crippen molar-refractivity contribution < 1.29 is 34.0 Å². The maximum Gasteiger partial charge on any atom is 0.303 e. The number of aliphatic carboxylic acids is 1. The predicted octanol–water partition coefficient (Wildman–Crippen LogP) is 4.59. The highest BCUT2D eigenvalue weighted by atomic mass is 16.7. The van der Waals surface area contributed by atoms with E-state index in [1.165, 1.54) is 0 Å². The molecule has 3 atom stereocenters. The zero-order valence-electron chi connectivity index (χ0n) is 24.3. The SMILES string of the molecule is O=C(O)CCCC(=O)NCc1cccc(-c2ccc([C@@H]3O[C@H](CN4CCOCC4)C[C@H](c4ccc(CO)cc4)O3)cc2)c1. The Kier molecular flexibility index (Phi) is 10.9. The van der Waals surface area contributed by atoms with Crippen LogP contribution in [-0.4, -0.2) is 65.9 Å². The van der Waals surface area contributed by atoms with Crippen LogP contribution in [-0.2, 0) is 37.0 Å². The summed E-state index contributed by atoms with van der Waals surface area (Å²) in [5, 5.41) is 21.1. The Labute approximate surface area is 252 Å². The second-order valence-corrected chi connectivity index (χ2v) is 11.1. The second-order valence-electron chi connectivity index (χ2n) is 11.1. The van der Waals surface area contributed by atoms with E-state index in [0.717, 1.165) is 72.6 Å². The number of carboxylic acid groups (broad SMARTS) is 1. The van der Waals surface area contributed by atoms with Crippen LogP contribution in [0.5, 0.6) is 0 Å². The Balaban J connectivity index is 1.25. The quantitative estimate of drug-likeness (QED) is 0.281. The largest absolute Gasteiger partial charge is 0.481 e. The maximum atomic E-state index is 12.1. The molecule has 9 nitrogen and oxygen atoms in total. The molecule has 3 aromatic rings. The maximum absolute atomic E-state index is 12.1. The van der Waals surface area contributed by atoms with Crippen molar-refractivity contribution in [3.8, 4) is 11.1 Å². The Bertz CT molecular complexity index is 1340. The summed E-state index contributed by atoms with van der Waals surface area (Å²) in [6, 6.07) is 24.1. The van der Waals surface area contributed by atoms with Crippen molar-refractivity contribution >= 4 is 11.9 Å². The standard InChI is InChI=1S/C34H40N2O7/c37-23-24-7-9-27(10-8-24)31-20-30(22-36-15-17-41-18-16-36)42-34(43-31)28-13-11-26(12-14-28)29-4-1-3-25(19-29)21-35-32(38)5-2-6-33(39)40/h1,3-4,7-14,19,30-31,34,37H,2,5-6,15-18,20-23H2,(H,35,38)(H,39,40)/t30-,31+,34+/m0/s1. The molecule has 0 unspecified atom stereocenters. The van der Waals surface area contributed by atoms with E-state index in [1.807, 2.05) is 60.7 Å². The number of aliphatic hydroxyl groups is 1. The third-order valence-electron chi connectivity index (χ3n) is 7.91. The van der Waals surface area contributed by atoms with Gasteiger partial charge >= 0.3 is 5.97 Å². The van der Waals surface area contributed by atoms with E-state index in [-0.39, 0.29) is 37.6 Å². The van der Waals surface area contributed by atoms with Gasteiger partial charge in [-0.05, 0) is 40.3 Å². The Morgan fingerprint density at radius 3 is 2.33 bits per heavy atom. The van der Waals surface area contributed by atoms with Gasteiger partial charge in [-0.25, -0.2) is 0 Å². The lowest BCUT2D eigenvalue weighted by molar-refractivity contribution is -0.253. The normalized spacial score (nSPS) is 20.9. The van der Waals surface area contributed by atoms with Gasteiger partial charge in [0.25, 0.3) is 0 Å². The lowest BCUT2D eigenvalue weighted by Gasteiger charge is -2.39. The van der Waals surface area contributed by atoms with Gasteiger partial charge in [0.1, 0.15) is 0 Å². The van der Waals surface area contributed by atoms with Gasteiger partial charge in [-0.2, -0.15) is 0 Å². The number of carboxylic acids is 1. The van der Waals surface area contributed by atoms with Crippen molar-refractivity contribution in [1.82, 2.24) is 10.2 Å². The fourth-order valence-electron chi connectivity index (χ4n) is 5.49. The molecule has 228 valence electrons. The van der Waals surface area contributed by atoms with Crippen molar-refractivity contribution in [2.45, 2.75) is 57.3 Å². The van der Waals surface area contributed by atoms with E-state index >= 15 is 0 Å². The molecule has 2 fully saturated rings. The number of carbonyl (C=O) groups is 2. The van der Waals surface area contributed by atoms with Crippen molar-refractivity contribution in [2.24, 2.45) is 0 Å². The van der Waals surface area contributed by atoms with Gasteiger partial charge in [0.2, 0.25) is 5.91 Å². The first-order valence-electron chi connectivity index (χ1n) is 15.0. The minimum atomic E-state index is -0.894. The van der Waals surface area contributed by atoms with E-state index in [2.05, 4.69) is 22.3 Å². The van der Waals surface area contributed by atoms with Crippen molar-refractivity contribution in [2.75, 3.05) is 32.8 Å². The molecule has 0 aliphatic carbocycles. The Hall–Kier alpha value is -3.60. The van der Waals surface area contributed by atoms with Crippen LogP contribution in [0, 0.1) is 0 Å². The zero-order valence-corrected chi connectivity index (χ0v) is 24.3. The van der Waals surface area contributed by atoms with E-state index in [9.17, 15) is 14.7 Å². The van der Waals surface area contributed by atoms with Crippen LogP contribution in [0.2, 0.25) is 0 Å².